The molecule has 0 unspecified atom stereocenters. The van der Waals surface area contributed by atoms with Gasteiger partial charge < -0.3 is 14.6 Å². The Bertz CT molecular complexity index is 2700. The van der Waals surface area contributed by atoms with Crippen LogP contribution in [0.5, 0.6) is 0 Å². The number of amidine groups is 2. The summed E-state index contributed by atoms with van der Waals surface area (Å²) in [5, 5.41) is 6.58. The lowest BCUT2D eigenvalue weighted by Crippen LogP contribution is -2.16. The molecule has 0 amide bonds. The predicted octanol–water partition coefficient (Wildman–Crippen LogP) is 10.7. The van der Waals surface area contributed by atoms with Gasteiger partial charge in [-0.1, -0.05) is 115 Å². The van der Waals surface area contributed by atoms with E-state index in [1.54, 1.807) is 0 Å². The summed E-state index contributed by atoms with van der Waals surface area (Å²) in [6.07, 6.45) is 0. The van der Waals surface area contributed by atoms with Gasteiger partial charge in [0.2, 0.25) is 0 Å². The number of benzene rings is 7. The van der Waals surface area contributed by atoms with Crippen molar-refractivity contribution in [2.45, 2.75) is 6.54 Å². The van der Waals surface area contributed by atoms with Crippen molar-refractivity contribution < 1.29 is 8.83 Å². The summed E-state index contributed by atoms with van der Waals surface area (Å²) < 4.78 is 12.9. The van der Waals surface area contributed by atoms with E-state index in [4.69, 9.17) is 24.6 Å². The summed E-state index contributed by atoms with van der Waals surface area (Å²) in [4.78, 5) is 9.97. The van der Waals surface area contributed by atoms with Crippen molar-refractivity contribution >= 4 is 66.3 Å². The van der Waals surface area contributed by atoms with E-state index >= 15 is 0 Å². The number of furan rings is 2. The van der Waals surface area contributed by atoms with Crippen molar-refractivity contribution in [2.75, 3.05) is 0 Å². The predicted molar refractivity (Wildman–Crippen MR) is 198 cm³/mol. The standard InChI is InChI=1S/C43H29N3O2/c44-42(27-12-3-1-4-13-27)46-43(28-14-5-2-6-15-28)45-26-32-22-31(25-39-40(32)34-18-9-10-20-36(34)47-39)33-19-11-21-37-41(33)35-23-29-16-7-8-17-30(29)24-38(35)48-37/h1-25H,26H2,(H2,44,45,46). The van der Waals surface area contributed by atoms with Crippen LogP contribution in [0.1, 0.15) is 16.7 Å². The topological polar surface area (TPSA) is 77.0 Å². The molecule has 5 heteroatoms. The molecule has 2 aromatic heterocycles. The summed E-state index contributed by atoms with van der Waals surface area (Å²) >= 11 is 0. The normalized spacial score (nSPS) is 12.6. The first-order valence-corrected chi connectivity index (χ1v) is 16.0. The molecular formula is C43H29N3O2. The van der Waals surface area contributed by atoms with Gasteiger partial charge in [-0.3, -0.25) is 4.99 Å². The van der Waals surface area contributed by atoms with Crippen LogP contribution in [-0.4, -0.2) is 11.7 Å². The van der Waals surface area contributed by atoms with Crippen molar-refractivity contribution in [3.05, 3.63) is 168 Å². The lowest BCUT2D eigenvalue weighted by atomic mass is 9.95. The molecule has 0 atom stereocenters. The van der Waals surface area contributed by atoms with E-state index in [1.807, 2.05) is 84.9 Å². The summed E-state index contributed by atoms with van der Waals surface area (Å²) in [6.45, 7) is 0.371. The van der Waals surface area contributed by atoms with Gasteiger partial charge in [0.15, 0.2) is 5.84 Å². The second-order valence-electron chi connectivity index (χ2n) is 12.0. The van der Waals surface area contributed by atoms with Crippen LogP contribution in [-0.2, 0) is 6.54 Å². The van der Waals surface area contributed by atoms with Gasteiger partial charge >= 0.3 is 0 Å². The largest absolute Gasteiger partial charge is 0.456 e. The van der Waals surface area contributed by atoms with E-state index < -0.39 is 0 Å². The third-order valence-corrected chi connectivity index (χ3v) is 8.96. The fourth-order valence-corrected chi connectivity index (χ4v) is 6.70. The summed E-state index contributed by atoms with van der Waals surface area (Å²) in [5.74, 6) is 0.981. The third-order valence-electron chi connectivity index (χ3n) is 8.96. The average molecular weight is 620 g/mol. The minimum atomic E-state index is 0.371. The van der Waals surface area contributed by atoms with Crippen LogP contribution >= 0.6 is 0 Å². The molecule has 5 nitrogen and oxygen atoms in total. The van der Waals surface area contributed by atoms with E-state index in [1.165, 1.54) is 5.39 Å². The molecular weight excluding hydrogens is 590 g/mol. The van der Waals surface area contributed by atoms with Crippen molar-refractivity contribution in [1.29, 1.82) is 0 Å². The highest BCUT2D eigenvalue weighted by molar-refractivity contribution is 6.17. The highest BCUT2D eigenvalue weighted by Gasteiger charge is 2.18. The van der Waals surface area contributed by atoms with Crippen LogP contribution in [0.3, 0.4) is 0 Å². The SMILES string of the molecule is NC(=NC(=NCc1cc(-c2cccc3oc4cc5ccccc5cc4c23)cc2oc3ccccc3c12)c1ccccc1)c1ccccc1. The number of aliphatic imine (C=N–C) groups is 2. The minimum absolute atomic E-state index is 0.371. The molecule has 0 spiro atoms. The van der Waals surface area contributed by atoms with Crippen LogP contribution < -0.4 is 5.73 Å². The van der Waals surface area contributed by atoms with Gasteiger partial charge in [-0.2, -0.15) is 0 Å². The smallest absolute Gasteiger partial charge is 0.157 e. The Morgan fingerprint density at radius 1 is 0.521 bits per heavy atom. The van der Waals surface area contributed by atoms with Crippen LogP contribution in [0.2, 0.25) is 0 Å². The number of nitrogens with two attached hydrogens (primary N) is 1. The van der Waals surface area contributed by atoms with Gasteiger partial charge in [0.25, 0.3) is 0 Å². The number of fused-ring (bicyclic) bond motifs is 7. The molecule has 0 bridgehead atoms. The van der Waals surface area contributed by atoms with Gasteiger partial charge in [0.05, 0.1) is 6.54 Å². The third kappa shape index (κ3) is 4.81. The number of nitrogens with zero attached hydrogens (tertiary/aromatic N) is 2. The average Bonchev–Trinajstić information content (AvgIpc) is 3.70. The first-order valence-electron chi connectivity index (χ1n) is 16.0. The minimum Gasteiger partial charge on any atom is -0.456 e. The molecule has 228 valence electrons. The summed E-state index contributed by atoms with van der Waals surface area (Å²) in [5.41, 5.74) is 14.7. The second-order valence-corrected chi connectivity index (χ2v) is 12.0. The quantitative estimate of drug-likeness (QED) is 0.154. The summed E-state index contributed by atoms with van der Waals surface area (Å²) in [6, 6.07) is 51.3. The fraction of sp³-hybridized carbons (Fsp3) is 0.0233. The maximum atomic E-state index is 6.52. The van der Waals surface area contributed by atoms with Crippen LogP contribution in [0.4, 0.5) is 0 Å². The highest BCUT2D eigenvalue weighted by Crippen LogP contribution is 2.41. The Morgan fingerprint density at radius 3 is 2.00 bits per heavy atom. The van der Waals surface area contributed by atoms with Crippen molar-refractivity contribution in [2.24, 2.45) is 15.7 Å². The van der Waals surface area contributed by atoms with E-state index in [9.17, 15) is 0 Å². The molecule has 0 aliphatic rings. The molecule has 0 aliphatic heterocycles. The Labute approximate surface area is 276 Å². The molecule has 0 saturated carbocycles. The molecule has 9 rings (SSSR count). The maximum Gasteiger partial charge on any atom is 0.157 e. The first kappa shape index (κ1) is 27.8. The second kappa shape index (κ2) is 11.4. The number of hydrogen-bond acceptors (Lipinski definition) is 3. The number of hydrogen-bond donors (Lipinski definition) is 1. The summed E-state index contributed by atoms with van der Waals surface area (Å²) in [7, 11) is 0. The highest BCUT2D eigenvalue weighted by atomic mass is 16.3. The number of rotatable bonds is 5. The Morgan fingerprint density at radius 2 is 1.19 bits per heavy atom. The molecule has 2 heterocycles. The van der Waals surface area contributed by atoms with Gasteiger partial charge in [-0.25, -0.2) is 4.99 Å². The molecule has 0 aliphatic carbocycles. The lowest BCUT2D eigenvalue weighted by molar-refractivity contribution is 0.668. The molecule has 9 aromatic rings. The van der Waals surface area contributed by atoms with E-state index in [-0.39, 0.29) is 0 Å². The molecule has 48 heavy (non-hydrogen) atoms. The first-order chi connectivity index (χ1) is 23.7. The number of para-hydroxylation sites is 1. The lowest BCUT2D eigenvalue weighted by Gasteiger charge is -2.09. The Balaban J connectivity index is 1.25. The van der Waals surface area contributed by atoms with Crippen LogP contribution in [0.25, 0.3) is 65.8 Å². The van der Waals surface area contributed by atoms with Crippen LogP contribution in [0, 0.1) is 0 Å². The zero-order chi connectivity index (χ0) is 32.0. The zero-order valence-corrected chi connectivity index (χ0v) is 25.9. The van der Waals surface area contributed by atoms with E-state index in [2.05, 4.69) is 66.7 Å². The van der Waals surface area contributed by atoms with Crippen molar-refractivity contribution in [3.63, 3.8) is 0 Å². The Hall–Kier alpha value is -6.46. The van der Waals surface area contributed by atoms with Crippen LogP contribution in [0.15, 0.2) is 170 Å². The van der Waals surface area contributed by atoms with Gasteiger partial charge in [0.1, 0.15) is 28.2 Å². The molecule has 0 radical (unpaired) electrons. The van der Waals surface area contributed by atoms with Gasteiger partial charge in [-0.15, -0.1) is 0 Å². The van der Waals surface area contributed by atoms with Crippen molar-refractivity contribution in [1.82, 2.24) is 0 Å². The van der Waals surface area contributed by atoms with E-state index in [0.29, 0.717) is 18.2 Å². The van der Waals surface area contributed by atoms with Gasteiger partial charge in [-0.05, 0) is 63.9 Å². The zero-order valence-electron chi connectivity index (χ0n) is 25.9. The molecule has 2 N–H and O–H groups in total. The molecule has 7 aromatic carbocycles. The fourth-order valence-electron chi connectivity index (χ4n) is 6.70. The van der Waals surface area contributed by atoms with Gasteiger partial charge in [0, 0.05) is 32.7 Å². The monoisotopic (exact) mass is 619 g/mol. The molecule has 0 fully saturated rings. The van der Waals surface area contributed by atoms with Crippen molar-refractivity contribution in [3.8, 4) is 11.1 Å². The maximum absolute atomic E-state index is 6.52. The van der Waals surface area contributed by atoms with E-state index in [0.717, 1.165) is 77.1 Å². The Kier molecular flexibility index (Phi) is 6.61. The molecule has 0 saturated heterocycles.